The standard InChI is InChI=1S/C15H11ClF4NO4P/c1-2-8-5-11(21(22)23)14(26(16)24)7-13(8)25-12-4-3-9(6-10(12)17)15(18,19)20/h3-7,26H,2H2,1H3. The molecule has 11 heteroatoms. The molecular formula is C15H11ClF4NO4P. The van der Waals surface area contributed by atoms with Crippen molar-refractivity contribution in [2.45, 2.75) is 19.5 Å². The molecule has 0 bridgehead atoms. The Morgan fingerprint density at radius 3 is 2.35 bits per heavy atom. The third-order valence-corrected chi connectivity index (χ3v) is 4.88. The molecule has 2 aromatic carbocycles. The minimum atomic E-state index is -4.72. The van der Waals surface area contributed by atoms with Crippen molar-refractivity contribution in [2.24, 2.45) is 0 Å². The summed E-state index contributed by atoms with van der Waals surface area (Å²) < 4.78 is 68.6. The summed E-state index contributed by atoms with van der Waals surface area (Å²) in [6.45, 7) is 1.64. The first-order chi connectivity index (χ1) is 12.0. The van der Waals surface area contributed by atoms with Gasteiger partial charge in [-0.05, 0) is 30.7 Å². The molecule has 0 radical (unpaired) electrons. The predicted octanol–water partition coefficient (Wildman–Crippen LogP) is 5.45. The molecule has 0 amide bonds. The van der Waals surface area contributed by atoms with E-state index in [1.54, 1.807) is 6.92 Å². The molecule has 140 valence electrons. The third-order valence-electron chi connectivity index (χ3n) is 3.45. The first-order valence-electron chi connectivity index (χ1n) is 7.10. The summed E-state index contributed by atoms with van der Waals surface area (Å²) in [5, 5.41) is 10.8. The fourth-order valence-electron chi connectivity index (χ4n) is 2.17. The Bertz CT molecular complexity index is 889. The number of nitro groups is 1. The second kappa shape index (κ2) is 7.63. The maximum Gasteiger partial charge on any atom is 0.416 e. The molecule has 0 aliphatic rings. The molecule has 26 heavy (non-hydrogen) atoms. The van der Waals surface area contributed by atoms with Crippen LogP contribution < -0.4 is 10.0 Å². The number of aryl methyl sites for hydroxylation is 1. The monoisotopic (exact) mass is 411 g/mol. The minimum absolute atomic E-state index is 0.0780. The van der Waals surface area contributed by atoms with E-state index in [1.807, 2.05) is 0 Å². The molecule has 0 saturated carbocycles. The molecule has 0 heterocycles. The molecule has 0 N–H and O–H groups in total. The molecule has 1 atom stereocenters. The maximum absolute atomic E-state index is 14.0. The SMILES string of the molecule is CCc1cc([N+](=O)[O-])c([PH](=O)Cl)cc1Oc1ccc(C(F)(F)F)cc1F. The number of hydrogen-bond donors (Lipinski definition) is 0. The summed E-state index contributed by atoms with van der Waals surface area (Å²) in [6, 6.07) is 3.85. The van der Waals surface area contributed by atoms with Gasteiger partial charge in [0.15, 0.2) is 18.7 Å². The number of nitrogens with zero attached hydrogens (tertiary/aromatic N) is 1. The van der Waals surface area contributed by atoms with Gasteiger partial charge in [-0.25, -0.2) is 4.39 Å². The lowest BCUT2D eigenvalue weighted by molar-refractivity contribution is -0.383. The van der Waals surface area contributed by atoms with Crippen LogP contribution in [0.1, 0.15) is 18.1 Å². The van der Waals surface area contributed by atoms with Gasteiger partial charge in [-0.15, -0.1) is 0 Å². The van der Waals surface area contributed by atoms with Crippen molar-refractivity contribution in [3.63, 3.8) is 0 Å². The van der Waals surface area contributed by atoms with Gasteiger partial charge in [-0.3, -0.25) is 10.1 Å². The Labute approximate surface area is 150 Å². The Kier molecular flexibility index (Phi) is 5.93. The van der Waals surface area contributed by atoms with Crippen LogP contribution in [0.3, 0.4) is 0 Å². The molecule has 0 aliphatic heterocycles. The molecule has 2 rings (SSSR count). The van der Waals surface area contributed by atoms with Crippen LogP contribution in [-0.4, -0.2) is 4.92 Å². The normalized spacial score (nSPS) is 12.7. The average molecular weight is 412 g/mol. The number of nitro benzene ring substituents is 1. The van der Waals surface area contributed by atoms with Gasteiger partial charge < -0.3 is 9.30 Å². The maximum atomic E-state index is 14.0. The number of halogens is 5. The molecule has 2 aromatic rings. The topological polar surface area (TPSA) is 69.4 Å². The summed E-state index contributed by atoms with van der Waals surface area (Å²) in [6.07, 6.45) is -4.48. The molecule has 0 saturated heterocycles. The van der Waals surface area contributed by atoms with Crippen molar-refractivity contribution in [3.05, 3.63) is 57.4 Å². The zero-order valence-electron chi connectivity index (χ0n) is 13.1. The summed E-state index contributed by atoms with van der Waals surface area (Å²) in [5.41, 5.74) is -1.38. The zero-order chi connectivity index (χ0) is 19.6. The molecular weight excluding hydrogens is 401 g/mol. The van der Waals surface area contributed by atoms with Crippen LogP contribution in [0.4, 0.5) is 23.2 Å². The van der Waals surface area contributed by atoms with Gasteiger partial charge in [-0.1, -0.05) is 18.2 Å². The summed E-state index contributed by atoms with van der Waals surface area (Å²) in [5.74, 6) is -1.85. The van der Waals surface area contributed by atoms with E-state index in [9.17, 15) is 32.2 Å². The highest BCUT2D eigenvalue weighted by Crippen LogP contribution is 2.38. The number of alkyl halides is 3. The Balaban J connectivity index is 2.51. The zero-order valence-corrected chi connectivity index (χ0v) is 14.8. The van der Waals surface area contributed by atoms with E-state index in [0.717, 1.165) is 18.2 Å². The van der Waals surface area contributed by atoms with Gasteiger partial charge in [-0.2, -0.15) is 13.2 Å². The number of rotatable bonds is 5. The van der Waals surface area contributed by atoms with Crippen LogP contribution in [0.2, 0.25) is 0 Å². The number of ether oxygens (including phenoxy) is 1. The third kappa shape index (κ3) is 4.34. The van der Waals surface area contributed by atoms with E-state index in [2.05, 4.69) is 0 Å². The van der Waals surface area contributed by atoms with Crippen LogP contribution in [0.25, 0.3) is 0 Å². The highest BCUT2D eigenvalue weighted by molar-refractivity contribution is 7.80. The highest BCUT2D eigenvalue weighted by atomic mass is 35.7. The van der Waals surface area contributed by atoms with E-state index in [4.69, 9.17) is 16.0 Å². The molecule has 1 unspecified atom stereocenters. The summed E-state index contributed by atoms with van der Waals surface area (Å²) in [7, 11) is -3.00. The van der Waals surface area contributed by atoms with E-state index < -0.39 is 41.1 Å². The van der Waals surface area contributed by atoms with Crippen LogP contribution in [0.15, 0.2) is 30.3 Å². The second-order valence-electron chi connectivity index (χ2n) is 5.11. The van der Waals surface area contributed by atoms with E-state index >= 15 is 0 Å². The van der Waals surface area contributed by atoms with Gasteiger partial charge in [0, 0.05) is 11.6 Å². The van der Waals surface area contributed by atoms with E-state index in [-0.39, 0.29) is 29.1 Å². The lowest BCUT2D eigenvalue weighted by atomic mass is 10.1. The fraction of sp³-hybridized carbons (Fsp3) is 0.200. The number of benzene rings is 2. The van der Waals surface area contributed by atoms with Gasteiger partial charge >= 0.3 is 6.18 Å². The predicted molar refractivity (Wildman–Crippen MR) is 88.4 cm³/mol. The van der Waals surface area contributed by atoms with Crippen LogP contribution >= 0.6 is 18.4 Å². The molecule has 5 nitrogen and oxygen atoms in total. The summed E-state index contributed by atoms with van der Waals surface area (Å²) >= 11 is 5.51. The van der Waals surface area contributed by atoms with Crippen molar-refractivity contribution in [1.82, 2.24) is 0 Å². The van der Waals surface area contributed by atoms with E-state index in [1.165, 1.54) is 0 Å². The molecule has 0 aliphatic carbocycles. The Morgan fingerprint density at radius 1 is 1.23 bits per heavy atom. The first-order valence-corrected chi connectivity index (χ1v) is 9.52. The van der Waals surface area contributed by atoms with Crippen LogP contribution in [0.5, 0.6) is 11.5 Å². The first kappa shape index (κ1) is 20.2. The van der Waals surface area contributed by atoms with Crippen molar-refractivity contribution in [1.29, 1.82) is 0 Å². The van der Waals surface area contributed by atoms with Crippen LogP contribution in [0, 0.1) is 15.9 Å². The van der Waals surface area contributed by atoms with Gasteiger partial charge in [0.05, 0.1) is 10.5 Å². The van der Waals surface area contributed by atoms with Crippen molar-refractivity contribution >= 4 is 29.4 Å². The molecule has 0 aromatic heterocycles. The number of hydrogen-bond acceptors (Lipinski definition) is 4. The smallest absolute Gasteiger partial charge is 0.416 e. The Morgan fingerprint density at radius 2 is 1.88 bits per heavy atom. The lowest BCUT2D eigenvalue weighted by Gasteiger charge is -2.13. The fourth-order valence-corrected chi connectivity index (χ4v) is 3.23. The minimum Gasteiger partial charge on any atom is -0.454 e. The van der Waals surface area contributed by atoms with Crippen molar-refractivity contribution < 1.29 is 31.8 Å². The van der Waals surface area contributed by atoms with Crippen molar-refractivity contribution in [2.75, 3.05) is 0 Å². The largest absolute Gasteiger partial charge is 0.454 e. The van der Waals surface area contributed by atoms with Gasteiger partial charge in [0.25, 0.3) is 5.69 Å². The highest BCUT2D eigenvalue weighted by Gasteiger charge is 2.31. The quantitative estimate of drug-likeness (QED) is 0.284. The average Bonchev–Trinajstić information content (AvgIpc) is 2.54. The van der Waals surface area contributed by atoms with Gasteiger partial charge in [0.1, 0.15) is 11.1 Å². The van der Waals surface area contributed by atoms with E-state index in [0.29, 0.717) is 6.07 Å². The Hall–Kier alpha value is -2.12. The molecule has 0 fully saturated rings. The lowest BCUT2D eigenvalue weighted by Crippen LogP contribution is -2.08. The molecule has 0 spiro atoms. The van der Waals surface area contributed by atoms with Gasteiger partial charge in [0.2, 0.25) is 0 Å². The summed E-state index contributed by atoms with van der Waals surface area (Å²) in [4.78, 5) is 10.3. The van der Waals surface area contributed by atoms with Crippen molar-refractivity contribution in [3.8, 4) is 11.5 Å². The second-order valence-corrected chi connectivity index (χ2v) is 7.22. The van der Waals surface area contributed by atoms with Crippen LogP contribution in [-0.2, 0) is 17.2 Å².